The van der Waals surface area contributed by atoms with Crippen LogP contribution in [0.3, 0.4) is 0 Å². The third kappa shape index (κ3) is 4.03. The van der Waals surface area contributed by atoms with Gasteiger partial charge in [-0.2, -0.15) is 0 Å². The van der Waals surface area contributed by atoms with E-state index >= 15 is 0 Å². The van der Waals surface area contributed by atoms with Crippen molar-refractivity contribution in [3.05, 3.63) is 67.6 Å². The normalized spacial score (nSPS) is 10.2. The number of nitro benzene ring substituents is 1. The van der Waals surface area contributed by atoms with Crippen LogP contribution in [-0.4, -0.2) is 10.8 Å². The van der Waals surface area contributed by atoms with E-state index in [0.29, 0.717) is 16.3 Å². The zero-order valence-corrected chi connectivity index (χ0v) is 13.0. The van der Waals surface area contributed by atoms with Crippen LogP contribution in [0.5, 0.6) is 0 Å². The number of halogens is 2. The SMILES string of the molecule is O=C(Cc1ccccc1[N+](=O)[O-])Nc1ccc(Br)c(Cl)c1. The molecule has 2 aromatic rings. The summed E-state index contributed by atoms with van der Waals surface area (Å²) in [5.74, 6) is -0.345. The van der Waals surface area contributed by atoms with E-state index in [1.165, 1.54) is 6.07 Å². The minimum Gasteiger partial charge on any atom is -0.326 e. The molecule has 0 aliphatic rings. The van der Waals surface area contributed by atoms with Crippen molar-refractivity contribution < 1.29 is 9.72 Å². The average Bonchev–Trinajstić information content (AvgIpc) is 2.43. The molecule has 2 rings (SSSR count). The van der Waals surface area contributed by atoms with E-state index in [1.54, 1.807) is 36.4 Å². The standard InChI is InChI=1S/C14H10BrClN2O3/c15-11-6-5-10(8-12(11)16)17-14(19)7-9-3-1-2-4-13(9)18(20)21/h1-6,8H,7H2,(H,17,19). The summed E-state index contributed by atoms with van der Waals surface area (Å²) < 4.78 is 0.723. The minimum atomic E-state index is -0.501. The molecular formula is C14H10BrClN2O3. The highest BCUT2D eigenvalue weighted by Crippen LogP contribution is 2.26. The van der Waals surface area contributed by atoms with E-state index in [0.717, 1.165) is 4.47 Å². The second-order valence-electron chi connectivity index (χ2n) is 4.24. The fraction of sp³-hybridized carbons (Fsp3) is 0.0714. The molecule has 0 saturated heterocycles. The van der Waals surface area contributed by atoms with Crippen LogP contribution >= 0.6 is 27.5 Å². The second-order valence-corrected chi connectivity index (χ2v) is 5.50. The van der Waals surface area contributed by atoms with Crippen molar-refractivity contribution in [3.8, 4) is 0 Å². The molecule has 7 heteroatoms. The lowest BCUT2D eigenvalue weighted by Gasteiger charge is -2.07. The number of carbonyl (C=O) groups excluding carboxylic acids is 1. The van der Waals surface area contributed by atoms with Crippen molar-refractivity contribution >= 4 is 44.8 Å². The van der Waals surface area contributed by atoms with Gasteiger partial charge in [0, 0.05) is 21.8 Å². The van der Waals surface area contributed by atoms with Gasteiger partial charge in [0.2, 0.25) is 5.91 Å². The van der Waals surface area contributed by atoms with Crippen molar-refractivity contribution in [3.63, 3.8) is 0 Å². The Morgan fingerprint density at radius 1 is 1.29 bits per heavy atom. The lowest BCUT2D eigenvalue weighted by molar-refractivity contribution is -0.385. The number of hydrogen-bond donors (Lipinski definition) is 1. The maximum absolute atomic E-state index is 12.0. The van der Waals surface area contributed by atoms with Gasteiger partial charge in [-0.1, -0.05) is 29.8 Å². The smallest absolute Gasteiger partial charge is 0.273 e. The Hall–Kier alpha value is -1.92. The first-order valence-electron chi connectivity index (χ1n) is 5.94. The van der Waals surface area contributed by atoms with Crippen LogP contribution in [0.1, 0.15) is 5.56 Å². The third-order valence-electron chi connectivity index (χ3n) is 2.74. The van der Waals surface area contributed by atoms with Gasteiger partial charge in [-0.15, -0.1) is 0 Å². The molecule has 21 heavy (non-hydrogen) atoms. The summed E-state index contributed by atoms with van der Waals surface area (Å²) in [5, 5.41) is 14.0. The maximum atomic E-state index is 12.0. The number of para-hydroxylation sites is 1. The molecule has 0 bridgehead atoms. The van der Waals surface area contributed by atoms with Crippen molar-refractivity contribution in [1.82, 2.24) is 0 Å². The molecule has 0 aliphatic carbocycles. The van der Waals surface area contributed by atoms with Crippen LogP contribution in [0.15, 0.2) is 46.9 Å². The molecule has 0 atom stereocenters. The zero-order valence-electron chi connectivity index (χ0n) is 10.7. The molecule has 0 aromatic heterocycles. The highest BCUT2D eigenvalue weighted by molar-refractivity contribution is 9.10. The second kappa shape index (κ2) is 6.69. The Bertz CT molecular complexity index is 706. The van der Waals surface area contributed by atoms with Crippen molar-refractivity contribution in [2.24, 2.45) is 0 Å². The quantitative estimate of drug-likeness (QED) is 0.648. The van der Waals surface area contributed by atoms with Gasteiger partial charge < -0.3 is 5.32 Å². The average molecular weight is 370 g/mol. The summed E-state index contributed by atoms with van der Waals surface area (Å²) in [7, 11) is 0. The summed E-state index contributed by atoms with van der Waals surface area (Å²) in [5.41, 5.74) is 0.830. The molecule has 5 nitrogen and oxygen atoms in total. The number of nitro groups is 1. The van der Waals surface area contributed by atoms with Crippen molar-refractivity contribution in [2.75, 3.05) is 5.32 Å². The van der Waals surface area contributed by atoms with E-state index in [9.17, 15) is 14.9 Å². The Kier molecular flexibility index (Phi) is 4.93. The number of rotatable bonds is 4. The highest BCUT2D eigenvalue weighted by atomic mass is 79.9. The van der Waals surface area contributed by atoms with E-state index in [4.69, 9.17) is 11.6 Å². The summed E-state index contributed by atoms with van der Waals surface area (Å²) >= 11 is 9.19. The van der Waals surface area contributed by atoms with E-state index in [2.05, 4.69) is 21.2 Å². The minimum absolute atomic E-state index is 0.0681. The van der Waals surface area contributed by atoms with Gasteiger partial charge in [-0.3, -0.25) is 14.9 Å². The van der Waals surface area contributed by atoms with E-state index < -0.39 is 4.92 Å². The van der Waals surface area contributed by atoms with Crippen LogP contribution in [0.4, 0.5) is 11.4 Å². The maximum Gasteiger partial charge on any atom is 0.273 e. The Labute approximate surface area is 134 Å². The van der Waals surface area contributed by atoms with Crippen LogP contribution < -0.4 is 5.32 Å². The number of carbonyl (C=O) groups is 1. The topological polar surface area (TPSA) is 72.2 Å². The fourth-order valence-corrected chi connectivity index (χ4v) is 2.22. The van der Waals surface area contributed by atoms with Crippen LogP contribution in [0.25, 0.3) is 0 Å². The fourth-order valence-electron chi connectivity index (χ4n) is 1.79. The predicted octanol–water partition coefficient (Wildman–Crippen LogP) is 4.19. The molecule has 0 spiro atoms. The van der Waals surface area contributed by atoms with Gasteiger partial charge in [0.25, 0.3) is 5.69 Å². The van der Waals surface area contributed by atoms with Gasteiger partial charge in [0.15, 0.2) is 0 Å². The first-order valence-corrected chi connectivity index (χ1v) is 7.11. The van der Waals surface area contributed by atoms with E-state index in [1.807, 2.05) is 0 Å². The first-order chi connectivity index (χ1) is 9.97. The summed E-state index contributed by atoms with van der Waals surface area (Å²) in [4.78, 5) is 22.4. The molecule has 0 radical (unpaired) electrons. The van der Waals surface area contributed by atoms with Gasteiger partial charge in [-0.25, -0.2) is 0 Å². The highest BCUT2D eigenvalue weighted by Gasteiger charge is 2.15. The molecule has 2 aromatic carbocycles. The predicted molar refractivity (Wildman–Crippen MR) is 84.6 cm³/mol. The Morgan fingerprint density at radius 3 is 2.67 bits per heavy atom. The van der Waals surface area contributed by atoms with Gasteiger partial charge >= 0.3 is 0 Å². The van der Waals surface area contributed by atoms with Crippen molar-refractivity contribution in [1.29, 1.82) is 0 Å². The largest absolute Gasteiger partial charge is 0.326 e. The number of nitrogens with one attached hydrogen (secondary N) is 1. The van der Waals surface area contributed by atoms with Crippen LogP contribution in [-0.2, 0) is 11.2 Å². The zero-order chi connectivity index (χ0) is 15.4. The Morgan fingerprint density at radius 2 is 2.00 bits per heavy atom. The molecule has 1 amide bonds. The molecule has 1 N–H and O–H groups in total. The molecule has 0 saturated carbocycles. The summed E-state index contributed by atoms with van der Waals surface area (Å²) in [6.45, 7) is 0. The number of amides is 1. The summed E-state index contributed by atoms with van der Waals surface area (Å²) in [6, 6.07) is 11.2. The lowest BCUT2D eigenvalue weighted by atomic mass is 10.1. The molecule has 0 fully saturated rings. The van der Waals surface area contributed by atoms with Crippen LogP contribution in [0.2, 0.25) is 5.02 Å². The first kappa shape index (κ1) is 15.5. The van der Waals surface area contributed by atoms with Crippen LogP contribution in [0, 0.1) is 10.1 Å². The number of nitrogens with zero attached hydrogens (tertiary/aromatic N) is 1. The van der Waals surface area contributed by atoms with Gasteiger partial charge in [-0.05, 0) is 34.1 Å². The molecule has 0 unspecified atom stereocenters. The van der Waals surface area contributed by atoms with Gasteiger partial charge in [0.1, 0.15) is 0 Å². The molecular weight excluding hydrogens is 360 g/mol. The van der Waals surface area contributed by atoms with E-state index in [-0.39, 0.29) is 18.0 Å². The molecule has 0 heterocycles. The molecule has 0 aliphatic heterocycles. The number of benzene rings is 2. The lowest BCUT2D eigenvalue weighted by Crippen LogP contribution is -2.15. The summed E-state index contributed by atoms with van der Waals surface area (Å²) in [6.07, 6.45) is -0.0785. The Balaban J connectivity index is 2.12. The third-order valence-corrected chi connectivity index (χ3v) is 3.98. The molecule has 108 valence electrons. The van der Waals surface area contributed by atoms with Gasteiger partial charge in [0.05, 0.1) is 16.4 Å². The number of anilines is 1. The monoisotopic (exact) mass is 368 g/mol. The van der Waals surface area contributed by atoms with Crippen molar-refractivity contribution in [2.45, 2.75) is 6.42 Å². The number of hydrogen-bond acceptors (Lipinski definition) is 3.